The van der Waals surface area contributed by atoms with Crippen molar-refractivity contribution in [3.8, 4) is 0 Å². The number of carbonyl (C=O) groups excluding carboxylic acids is 3. The zero-order chi connectivity index (χ0) is 18.8. The lowest BCUT2D eigenvalue weighted by Crippen LogP contribution is -2.48. The molecule has 27 heavy (non-hydrogen) atoms. The number of hydrogen-bond acceptors (Lipinski definition) is 5. The third-order valence-electron chi connectivity index (χ3n) is 4.37. The lowest BCUT2D eigenvalue weighted by Gasteiger charge is -2.25. The number of rotatable bonds is 5. The molecule has 4 rings (SSSR count). The highest BCUT2D eigenvalue weighted by molar-refractivity contribution is 7.13. The highest BCUT2D eigenvalue weighted by atomic mass is 32.1. The molecule has 134 valence electrons. The Balaban J connectivity index is 1.68. The van der Waals surface area contributed by atoms with E-state index in [9.17, 15) is 14.4 Å². The van der Waals surface area contributed by atoms with Crippen LogP contribution in [-0.4, -0.2) is 33.6 Å². The SMILES string of the molecule is O=C(Nc1nccs1)C(Cc1ccccc1)N1C(=O)c2ccccc2C1=O. The molecule has 0 fully saturated rings. The molecule has 3 amide bonds. The second kappa shape index (κ2) is 7.13. The molecule has 0 saturated carbocycles. The van der Waals surface area contributed by atoms with E-state index in [1.807, 2.05) is 30.3 Å². The van der Waals surface area contributed by atoms with Crippen LogP contribution in [0, 0.1) is 0 Å². The van der Waals surface area contributed by atoms with Crippen LogP contribution in [0.2, 0.25) is 0 Å². The predicted molar refractivity (Wildman–Crippen MR) is 102 cm³/mol. The van der Waals surface area contributed by atoms with E-state index >= 15 is 0 Å². The number of benzene rings is 2. The summed E-state index contributed by atoms with van der Waals surface area (Å²) in [6, 6.07) is 15.0. The minimum absolute atomic E-state index is 0.226. The molecule has 1 aromatic heterocycles. The molecule has 1 N–H and O–H groups in total. The summed E-state index contributed by atoms with van der Waals surface area (Å²) in [7, 11) is 0. The van der Waals surface area contributed by atoms with Crippen molar-refractivity contribution in [1.82, 2.24) is 9.88 Å². The van der Waals surface area contributed by atoms with E-state index in [1.165, 1.54) is 11.3 Å². The maximum atomic E-state index is 13.0. The number of carbonyl (C=O) groups is 3. The van der Waals surface area contributed by atoms with Gasteiger partial charge in [-0.25, -0.2) is 4.98 Å². The fraction of sp³-hybridized carbons (Fsp3) is 0.100. The van der Waals surface area contributed by atoms with Crippen LogP contribution in [0.4, 0.5) is 5.13 Å². The fourth-order valence-corrected chi connectivity index (χ4v) is 3.64. The van der Waals surface area contributed by atoms with E-state index < -0.39 is 23.8 Å². The lowest BCUT2D eigenvalue weighted by molar-refractivity contribution is -0.119. The van der Waals surface area contributed by atoms with E-state index in [4.69, 9.17) is 0 Å². The van der Waals surface area contributed by atoms with Gasteiger partial charge in [0.05, 0.1) is 11.1 Å². The minimum atomic E-state index is -0.969. The normalized spacial score (nSPS) is 14.1. The summed E-state index contributed by atoms with van der Waals surface area (Å²) < 4.78 is 0. The van der Waals surface area contributed by atoms with Crippen LogP contribution in [0.3, 0.4) is 0 Å². The van der Waals surface area contributed by atoms with Crippen molar-refractivity contribution < 1.29 is 14.4 Å². The van der Waals surface area contributed by atoms with Gasteiger partial charge in [-0.1, -0.05) is 42.5 Å². The first kappa shape index (κ1) is 17.1. The monoisotopic (exact) mass is 377 g/mol. The van der Waals surface area contributed by atoms with Gasteiger partial charge in [0.25, 0.3) is 11.8 Å². The van der Waals surface area contributed by atoms with Gasteiger partial charge in [0.15, 0.2) is 5.13 Å². The van der Waals surface area contributed by atoms with Gasteiger partial charge in [-0.2, -0.15) is 0 Å². The molecule has 0 spiro atoms. The quantitative estimate of drug-likeness (QED) is 0.693. The highest BCUT2D eigenvalue weighted by Gasteiger charge is 2.42. The first-order valence-electron chi connectivity index (χ1n) is 8.36. The highest BCUT2D eigenvalue weighted by Crippen LogP contribution is 2.26. The fourth-order valence-electron chi connectivity index (χ4n) is 3.10. The average Bonchev–Trinajstić information content (AvgIpc) is 3.28. The Morgan fingerprint density at radius 1 is 1.00 bits per heavy atom. The number of fused-ring (bicyclic) bond motifs is 1. The largest absolute Gasteiger partial charge is 0.300 e. The molecule has 0 aliphatic carbocycles. The average molecular weight is 377 g/mol. The number of aromatic nitrogens is 1. The number of nitrogens with one attached hydrogen (secondary N) is 1. The van der Waals surface area contributed by atoms with Crippen LogP contribution in [0.25, 0.3) is 0 Å². The van der Waals surface area contributed by atoms with Crippen LogP contribution in [-0.2, 0) is 11.2 Å². The summed E-state index contributed by atoms with van der Waals surface area (Å²) >= 11 is 1.28. The summed E-state index contributed by atoms with van der Waals surface area (Å²) in [6.45, 7) is 0. The van der Waals surface area contributed by atoms with Crippen LogP contribution in [0.15, 0.2) is 66.2 Å². The van der Waals surface area contributed by atoms with Crippen molar-refractivity contribution in [2.45, 2.75) is 12.5 Å². The van der Waals surface area contributed by atoms with E-state index in [0.717, 1.165) is 10.5 Å². The molecule has 7 heteroatoms. The van der Waals surface area contributed by atoms with Gasteiger partial charge < -0.3 is 5.32 Å². The van der Waals surface area contributed by atoms with Gasteiger partial charge in [-0.3, -0.25) is 19.3 Å². The first-order valence-corrected chi connectivity index (χ1v) is 9.24. The van der Waals surface area contributed by atoms with Crippen molar-refractivity contribution in [3.63, 3.8) is 0 Å². The number of nitrogens with zero attached hydrogens (tertiary/aromatic N) is 2. The predicted octanol–water partition coefficient (Wildman–Crippen LogP) is 2.99. The number of amides is 3. The third kappa shape index (κ3) is 3.24. The number of thiazole rings is 1. The zero-order valence-electron chi connectivity index (χ0n) is 14.2. The Kier molecular flexibility index (Phi) is 4.52. The Labute approximate surface area is 159 Å². The maximum Gasteiger partial charge on any atom is 0.262 e. The number of imide groups is 1. The van der Waals surface area contributed by atoms with E-state index in [-0.39, 0.29) is 6.42 Å². The molecule has 1 aliphatic rings. The van der Waals surface area contributed by atoms with Crippen molar-refractivity contribution in [2.24, 2.45) is 0 Å². The van der Waals surface area contributed by atoms with Crippen molar-refractivity contribution in [3.05, 3.63) is 82.9 Å². The second-order valence-corrected chi connectivity index (χ2v) is 6.95. The minimum Gasteiger partial charge on any atom is -0.300 e. The first-order chi connectivity index (χ1) is 13.1. The Morgan fingerprint density at radius 3 is 2.22 bits per heavy atom. The standard InChI is InChI=1S/C20H15N3O3S/c24-17(22-20-21-10-11-27-20)16(12-13-6-2-1-3-7-13)23-18(25)14-8-4-5-9-15(14)19(23)26/h1-11,16H,12H2,(H,21,22,24). The molecule has 0 radical (unpaired) electrons. The van der Waals surface area contributed by atoms with Crippen molar-refractivity contribution in [1.29, 1.82) is 0 Å². The molecule has 0 saturated heterocycles. The number of anilines is 1. The molecule has 0 bridgehead atoms. The molecule has 6 nitrogen and oxygen atoms in total. The summed E-state index contributed by atoms with van der Waals surface area (Å²) in [4.78, 5) is 43.8. The Morgan fingerprint density at radius 2 is 1.63 bits per heavy atom. The molecule has 3 aromatic rings. The topological polar surface area (TPSA) is 79.4 Å². The van der Waals surface area contributed by atoms with Crippen molar-refractivity contribution in [2.75, 3.05) is 5.32 Å². The molecule has 1 atom stereocenters. The number of hydrogen-bond donors (Lipinski definition) is 1. The smallest absolute Gasteiger partial charge is 0.262 e. The third-order valence-corrected chi connectivity index (χ3v) is 5.06. The second-order valence-electron chi connectivity index (χ2n) is 6.06. The van der Waals surface area contributed by atoms with Crippen LogP contribution in [0.1, 0.15) is 26.3 Å². The van der Waals surface area contributed by atoms with Gasteiger partial charge in [0.2, 0.25) is 5.91 Å². The van der Waals surface area contributed by atoms with Gasteiger partial charge in [-0.05, 0) is 17.7 Å². The molecular weight excluding hydrogens is 362 g/mol. The zero-order valence-corrected chi connectivity index (χ0v) is 15.0. The lowest BCUT2D eigenvalue weighted by atomic mass is 10.0. The molecular formula is C20H15N3O3S. The van der Waals surface area contributed by atoms with Crippen LogP contribution in [0.5, 0.6) is 0 Å². The molecule has 2 aromatic carbocycles. The van der Waals surface area contributed by atoms with E-state index in [0.29, 0.717) is 16.3 Å². The maximum absolute atomic E-state index is 13.0. The van der Waals surface area contributed by atoms with Gasteiger partial charge in [0.1, 0.15) is 6.04 Å². The van der Waals surface area contributed by atoms with Gasteiger partial charge in [0, 0.05) is 18.0 Å². The Hall–Kier alpha value is -3.32. The Bertz CT molecular complexity index is 967. The van der Waals surface area contributed by atoms with Crippen LogP contribution >= 0.6 is 11.3 Å². The van der Waals surface area contributed by atoms with E-state index in [2.05, 4.69) is 10.3 Å². The molecule has 1 unspecified atom stereocenters. The summed E-state index contributed by atoms with van der Waals surface area (Å²) in [5.74, 6) is -1.35. The summed E-state index contributed by atoms with van der Waals surface area (Å²) in [6.07, 6.45) is 1.80. The summed E-state index contributed by atoms with van der Waals surface area (Å²) in [5.41, 5.74) is 1.50. The van der Waals surface area contributed by atoms with Crippen LogP contribution < -0.4 is 5.32 Å². The molecule has 1 aliphatic heterocycles. The molecule has 2 heterocycles. The van der Waals surface area contributed by atoms with Crippen molar-refractivity contribution >= 4 is 34.2 Å². The summed E-state index contributed by atoms with van der Waals surface area (Å²) in [5, 5.41) is 4.87. The van der Waals surface area contributed by atoms with E-state index in [1.54, 1.807) is 35.8 Å². The van der Waals surface area contributed by atoms with Gasteiger partial charge >= 0.3 is 0 Å². The van der Waals surface area contributed by atoms with Gasteiger partial charge in [-0.15, -0.1) is 11.3 Å².